The maximum Gasteiger partial charge on any atom is 0.282 e. The van der Waals surface area contributed by atoms with Crippen LogP contribution in [0.25, 0.3) is 0 Å². The Labute approximate surface area is 160 Å². The second-order valence-corrected chi connectivity index (χ2v) is 8.83. The summed E-state index contributed by atoms with van der Waals surface area (Å²) in [6.07, 6.45) is 4.46. The predicted octanol–water partition coefficient (Wildman–Crippen LogP) is 4.28. The van der Waals surface area contributed by atoms with E-state index in [1.54, 1.807) is 0 Å². The molecule has 0 aliphatic heterocycles. The molecular formula is C19H31BrN4O. The Hall–Kier alpha value is -1.30. The number of rotatable bonds is 4. The van der Waals surface area contributed by atoms with Crippen LogP contribution >= 0.6 is 15.9 Å². The molecule has 1 aromatic heterocycles. The number of anilines is 1. The van der Waals surface area contributed by atoms with Gasteiger partial charge in [0.15, 0.2) is 0 Å². The van der Waals surface area contributed by atoms with Gasteiger partial charge in [0, 0.05) is 18.1 Å². The van der Waals surface area contributed by atoms with Gasteiger partial charge in [0.2, 0.25) is 0 Å². The molecule has 2 rings (SSSR count). The summed E-state index contributed by atoms with van der Waals surface area (Å²) in [6, 6.07) is 4.74. The van der Waals surface area contributed by atoms with Crippen molar-refractivity contribution in [2.75, 3.05) is 18.5 Å². The van der Waals surface area contributed by atoms with Crippen LogP contribution in [0.4, 0.5) is 5.82 Å². The van der Waals surface area contributed by atoms with Crippen LogP contribution in [0.3, 0.4) is 0 Å². The van der Waals surface area contributed by atoms with Crippen molar-refractivity contribution in [2.24, 2.45) is 16.6 Å². The van der Waals surface area contributed by atoms with Gasteiger partial charge in [-0.3, -0.25) is 0 Å². The molecule has 1 aromatic rings. The topological polar surface area (TPSA) is 63.7 Å². The third-order valence-corrected chi connectivity index (χ3v) is 5.30. The van der Waals surface area contributed by atoms with E-state index < -0.39 is 0 Å². The van der Waals surface area contributed by atoms with E-state index in [1.165, 1.54) is 0 Å². The first kappa shape index (κ1) is 20.0. The number of aliphatic imine (C=N–C) groups is 1. The molecule has 1 aliphatic carbocycles. The SMILES string of the molecule is Cc1nc(N(C)CC2CCC(N=C(N)OC(C)(C)C)CC2)ccc1Br. The molecule has 25 heavy (non-hydrogen) atoms. The Balaban J connectivity index is 1.83. The molecule has 0 atom stereocenters. The summed E-state index contributed by atoms with van der Waals surface area (Å²) in [5, 5.41) is 0. The van der Waals surface area contributed by atoms with Crippen LogP contribution in [0, 0.1) is 12.8 Å². The Kier molecular flexibility index (Phi) is 6.72. The predicted molar refractivity (Wildman–Crippen MR) is 108 cm³/mol. The molecule has 1 fully saturated rings. The molecule has 6 heteroatoms. The highest BCUT2D eigenvalue weighted by atomic mass is 79.9. The number of hydrogen-bond acceptors (Lipinski definition) is 4. The van der Waals surface area contributed by atoms with Crippen molar-refractivity contribution in [1.29, 1.82) is 0 Å². The second-order valence-electron chi connectivity index (χ2n) is 7.97. The molecule has 0 aromatic carbocycles. The minimum absolute atomic E-state index is 0.288. The molecule has 140 valence electrons. The Morgan fingerprint density at radius 2 is 1.96 bits per heavy atom. The van der Waals surface area contributed by atoms with Crippen molar-refractivity contribution >= 4 is 27.8 Å². The first-order valence-corrected chi connectivity index (χ1v) is 9.80. The number of aromatic nitrogens is 1. The van der Waals surface area contributed by atoms with Gasteiger partial charge in [0.25, 0.3) is 6.02 Å². The van der Waals surface area contributed by atoms with Gasteiger partial charge in [-0.15, -0.1) is 0 Å². The Bertz CT molecular complexity index is 604. The zero-order chi connectivity index (χ0) is 18.6. The maximum absolute atomic E-state index is 5.92. The molecule has 0 amide bonds. The van der Waals surface area contributed by atoms with Crippen LogP contribution in [0.5, 0.6) is 0 Å². The lowest BCUT2D eigenvalue weighted by molar-refractivity contribution is 0.112. The molecule has 2 N–H and O–H groups in total. The van der Waals surface area contributed by atoms with Crippen LogP contribution in [-0.4, -0.2) is 36.2 Å². The van der Waals surface area contributed by atoms with E-state index in [-0.39, 0.29) is 11.6 Å². The number of halogens is 1. The monoisotopic (exact) mass is 410 g/mol. The highest BCUT2D eigenvalue weighted by Gasteiger charge is 2.23. The van der Waals surface area contributed by atoms with Crippen molar-refractivity contribution in [3.8, 4) is 0 Å². The number of nitrogens with zero attached hydrogens (tertiary/aromatic N) is 3. The summed E-state index contributed by atoms with van der Waals surface area (Å²) in [7, 11) is 2.12. The lowest BCUT2D eigenvalue weighted by atomic mass is 9.86. The van der Waals surface area contributed by atoms with Gasteiger partial charge in [0.1, 0.15) is 11.4 Å². The zero-order valence-electron chi connectivity index (χ0n) is 16.1. The first-order chi connectivity index (χ1) is 11.6. The van der Waals surface area contributed by atoms with E-state index in [4.69, 9.17) is 10.5 Å². The molecule has 1 heterocycles. The summed E-state index contributed by atoms with van der Waals surface area (Å²) in [5.74, 6) is 1.70. The van der Waals surface area contributed by atoms with Crippen LogP contribution in [0.2, 0.25) is 0 Å². The van der Waals surface area contributed by atoms with Crippen molar-refractivity contribution in [3.05, 3.63) is 22.3 Å². The van der Waals surface area contributed by atoms with Gasteiger partial charge in [-0.1, -0.05) is 0 Å². The standard InChI is InChI=1S/C19H31BrN4O/c1-13-16(20)10-11-17(22-13)24(5)12-14-6-8-15(9-7-14)23-18(21)25-19(2,3)4/h10-11,14-15H,6-9,12H2,1-5H3,(H2,21,23). The summed E-state index contributed by atoms with van der Waals surface area (Å²) < 4.78 is 6.67. The van der Waals surface area contributed by atoms with Gasteiger partial charge >= 0.3 is 0 Å². The lowest BCUT2D eigenvalue weighted by Gasteiger charge is -2.30. The van der Waals surface area contributed by atoms with E-state index >= 15 is 0 Å². The van der Waals surface area contributed by atoms with Gasteiger partial charge < -0.3 is 15.4 Å². The quantitative estimate of drug-likeness (QED) is 0.594. The molecule has 1 aliphatic rings. The maximum atomic E-state index is 5.92. The molecule has 0 bridgehead atoms. The van der Waals surface area contributed by atoms with E-state index in [1.807, 2.05) is 27.7 Å². The summed E-state index contributed by atoms with van der Waals surface area (Å²) in [4.78, 5) is 11.5. The summed E-state index contributed by atoms with van der Waals surface area (Å²) >= 11 is 3.51. The van der Waals surface area contributed by atoms with Crippen molar-refractivity contribution in [3.63, 3.8) is 0 Å². The van der Waals surface area contributed by atoms with E-state index in [0.717, 1.165) is 48.2 Å². The van der Waals surface area contributed by atoms with Crippen molar-refractivity contribution in [1.82, 2.24) is 4.98 Å². The van der Waals surface area contributed by atoms with Crippen LogP contribution in [-0.2, 0) is 4.74 Å². The smallest absolute Gasteiger partial charge is 0.282 e. The van der Waals surface area contributed by atoms with Crippen LogP contribution < -0.4 is 10.6 Å². The zero-order valence-corrected chi connectivity index (χ0v) is 17.6. The van der Waals surface area contributed by atoms with E-state index in [0.29, 0.717) is 11.9 Å². The molecule has 1 saturated carbocycles. The largest absolute Gasteiger partial charge is 0.460 e. The highest BCUT2D eigenvalue weighted by Crippen LogP contribution is 2.28. The van der Waals surface area contributed by atoms with Crippen LogP contribution in [0.15, 0.2) is 21.6 Å². The number of hydrogen-bond donors (Lipinski definition) is 1. The lowest BCUT2D eigenvalue weighted by Crippen LogP contribution is -2.32. The molecule has 0 unspecified atom stereocenters. The number of aryl methyl sites for hydroxylation is 1. The van der Waals surface area contributed by atoms with Gasteiger partial charge in [0.05, 0.1) is 11.7 Å². The summed E-state index contributed by atoms with van der Waals surface area (Å²) in [5.41, 5.74) is 6.65. The van der Waals surface area contributed by atoms with Crippen LogP contribution in [0.1, 0.15) is 52.1 Å². The number of ether oxygens (including phenoxy) is 1. The van der Waals surface area contributed by atoms with Crippen molar-refractivity contribution in [2.45, 2.75) is 65.0 Å². The fraction of sp³-hybridized carbons (Fsp3) is 0.684. The second kappa shape index (κ2) is 8.39. The Morgan fingerprint density at radius 3 is 2.52 bits per heavy atom. The third-order valence-electron chi connectivity index (χ3n) is 4.47. The molecule has 0 spiro atoms. The average molecular weight is 411 g/mol. The number of nitrogens with two attached hydrogens (primary N) is 1. The molecule has 0 radical (unpaired) electrons. The highest BCUT2D eigenvalue weighted by molar-refractivity contribution is 9.10. The molecular weight excluding hydrogens is 380 g/mol. The van der Waals surface area contributed by atoms with Gasteiger partial charge in [-0.2, -0.15) is 0 Å². The Morgan fingerprint density at radius 1 is 1.32 bits per heavy atom. The summed E-state index contributed by atoms with van der Waals surface area (Å²) in [6.45, 7) is 9.01. The van der Waals surface area contributed by atoms with Crippen molar-refractivity contribution < 1.29 is 4.74 Å². The number of pyridine rings is 1. The fourth-order valence-corrected chi connectivity index (χ4v) is 3.42. The molecule has 5 nitrogen and oxygen atoms in total. The average Bonchev–Trinajstić information content (AvgIpc) is 2.50. The van der Waals surface area contributed by atoms with Gasteiger partial charge in [-0.05, 0) is 87.4 Å². The third kappa shape index (κ3) is 6.49. The van der Waals surface area contributed by atoms with E-state index in [2.05, 4.69) is 50.0 Å². The number of amidine groups is 1. The first-order valence-electron chi connectivity index (χ1n) is 9.00. The van der Waals surface area contributed by atoms with E-state index in [9.17, 15) is 0 Å². The molecule has 0 saturated heterocycles. The minimum Gasteiger partial charge on any atom is -0.460 e. The van der Waals surface area contributed by atoms with Gasteiger partial charge in [-0.25, -0.2) is 9.98 Å². The normalized spacial score (nSPS) is 21.9. The minimum atomic E-state index is -0.288. The fourth-order valence-electron chi connectivity index (χ4n) is 3.20.